The van der Waals surface area contributed by atoms with Gasteiger partial charge in [-0.2, -0.15) is 0 Å². The van der Waals surface area contributed by atoms with Crippen LogP contribution in [0.15, 0.2) is 121 Å². The molecule has 0 aromatic heterocycles. The number of rotatable bonds is 7. The second-order valence-corrected chi connectivity index (χ2v) is 8.80. The van der Waals surface area contributed by atoms with E-state index in [0.717, 1.165) is 34.6 Å². The molecule has 180 valence electrons. The summed E-state index contributed by atoms with van der Waals surface area (Å²) < 4.78 is 11.8. The number of hydrogen-bond donors (Lipinski definition) is 1. The summed E-state index contributed by atoms with van der Waals surface area (Å²) in [7, 11) is 1.66. The van der Waals surface area contributed by atoms with Gasteiger partial charge in [-0.3, -0.25) is 4.79 Å². The fourth-order valence-corrected chi connectivity index (χ4v) is 4.82. The summed E-state index contributed by atoms with van der Waals surface area (Å²) in [5.74, 6) is 1.55. The van der Waals surface area contributed by atoms with Crippen molar-refractivity contribution in [3.63, 3.8) is 0 Å². The molecule has 4 heteroatoms. The van der Waals surface area contributed by atoms with E-state index in [-0.39, 0.29) is 17.9 Å². The van der Waals surface area contributed by atoms with Crippen LogP contribution in [-0.4, -0.2) is 19.6 Å². The van der Waals surface area contributed by atoms with Crippen LogP contribution in [0.5, 0.6) is 5.75 Å². The van der Waals surface area contributed by atoms with Gasteiger partial charge in [-0.25, -0.2) is 0 Å². The van der Waals surface area contributed by atoms with Crippen molar-refractivity contribution < 1.29 is 14.3 Å². The molecule has 1 N–H and O–H groups in total. The van der Waals surface area contributed by atoms with E-state index in [1.54, 1.807) is 7.11 Å². The van der Waals surface area contributed by atoms with Crippen molar-refractivity contribution in [1.29, 1.82) is 0 Å². The smallest absolute Gasteiger partial charge is 0.252 e. The molecule has 4 aromatic carbocycles. The van der Waals surface area contributed by atoms with E-state index in [0.29, 0.717) is 12.2 Å². The van der Waals surface area contributed by atoms with Gasteiger partial charge in [0.1, 0.15) is 11.5 Å². The van der Waals surface area contributed by atoms with Crippen molar-refractivity contribution in [3.05, 3.63) is 143 Å². The van der Waals surface area contributed by atoms with Gasteiger partial charge in [-0.1, -0.05) is 78.9 Å². The van der Waals surface area contributed by atoms with Gasteiger partial charge >= 0.3 is 0 Å². The molecule has 4 nitrogen and oxygen atoms in total. The molecule has 0 bridgehead atoms. The topological polar surface area (TPSA) is 47.6 Å². The van der Waals surface area contributed by atoms with Gasteiger partial charge in [0, 0.05) is 22.6 Å². The third-order valence-corrected chi connectivity index (χ3v) is 6.60. The van der Waals surface area contributed by atoms with Crippen LogP contribution in [0.25, 0.3) is 5.76 Å². The number of nitrogens with one attached hydrogen (secondary N) is 1. The lowest BCUT2D eigenvalue weighted by atomic mass is 9.79. The predicted octanol–water partition coefficient (Wildman–Crippen LogP) is 6.78. The first-order valence-electron chi connectivity index (χ1n) is 12.2. The van der Waals surface area contributed by atoms with Gasteiger partial charge in [-0.05, 0) is 53.9 Å². The first-order valence-corrected chi connectivity index (χ1v) is 12.2. The molecule has 1 heterocycles. The van der Waals surface area contributed by atoms with Crippen LogP contribution in [0.3, 0.4) is 0 Å². The second-order valence-electron chi connectivity index (χ2n) is 8.80. The van der Waals surface area contributed by atoms with Gasteiger partial charge in [0.2, 0.25) is 0 Å². The minimum Gasteiger partial charge on any atom is -0.497 e. The second kappa shape index (κ2) is 11.0. The number of carbonyl (C=O) groups excluding carboxylic acids is 1. The summed E-state index contributed by atoms with van der Waals surface area (Å²) in [6, 6.07) is 37.5. The Labute approximate surface area is 212 Å². The van der Waals surface area contributed by atoms with E-state index in [4.69, 9.17) is 9.47 Å². The summed E-state index contributed by atoms with van der Waals surface area (Å²) in [4.78, 5) is 13.4. The molecule has 36 heavy (non-hydrogen) atoms. The Morgan fingerprint density at radius 3 is 2.08 bits per heavy atom. The van der Waals surface area contributed by atoms with Crippen LogP contribution >= 0.6 is 0 Å². The van der Waals surface area contributed by atoms with Crippen LogP contribution < -0.4 is 10.1 Å². The normalized spacial score (nSPS) is 16.1. The Morgan fingerprint density at radius 2 is 1.44 bits per heavy atom. The highest BCUT2D eigenvalue weighted by Gasteiger charge is 2.34. The Balaban J connectivity index is 1.68. The molecule has 1 aliphatic rings. The molecule has 2 atom stereocenters. The lowest BCUT2D eigenvalue weighted by Gasteiger charge is -2.35. The fourth-order valence-electron chi connectivity index (χ4n) is 4.82. The van der Waals surface area contributed by atoms with Crippen molar-refractivity contribution in [3.8, 4) is 5.75 Å². The SMILES string of the molecule is COc1ccc(C2=C([C@@H](NC(=O)c3ccccc3)c3ccccc3)[C@H](c3ccccc3)CCO2)cc1. The van der Waals surface area contributed by atoms with Crippen LogP contribution in [0.2, 0.25) is 0 Å². The van der Waals surface area contributed by atoms with E-state index in [9.17, 15) is 4.79 Å². The zero-order valence-corrected chi connectivity index (χ0v) is 20.3. The molecule has 0 spiro atoms. The largest absolute Gasteiger partial charge is 0.497 e. The van der Waals surface area contributed by atoms with E-state index in [1.807, 2.05) is 78.9 Å². The molecule has 4 aromatic rings. The van der Waals surface area contributed by atoms with Gasteiger partial charge in [0.15, 0.2) is 0 Å². The quantitative estimate of drug-likeness (QED) is 0.320. The maximum atomic E-state index is 13.4. The number of hydrogen-bond acceptors (Lipinski definition) is 3. The number of ether oxygens (including phenoxy) is 2. The van der Waals surface area contributed by atoms with Crippen LogP contribution in [-0.2, 0) is 4.74 Å². The maximum Gasteiger partial charge on any atom is 0.252 e. The molecule has 1 amide bonds. The summed E-state index contributed by atoms with van der Waals surface area (Å²) >= 11 is 0. The van der Waals surface area contributed by atoms with E-state index < -0.39 is 0 Å². The van der Waals surface area contributed by atoms with Crippen LogP contribution in [0.4, 0.5) is 0 Å². The van der Waals surface area contributed by atoms with Gasteiger partial charge in [0.05, 0.1) is 19.8 Å². The Bertz CT molecular complexity index is 1320. The molecular formula is C32H29NO3. The predicted molar refractivity (Wildman–Crippen MR) is 143 cm³/mol. The molecule has 0 saturated heterocycles. The lowest BCUT2D eigenvalue weighted by Crippen LogP contribution is -2.33. The first kappa shape index (κ1) is 23.4. The molecule has 5 rings (SSSR count). The molecule has 0 fully saturated rings. The highest BCUT2D eigenvalue weighted by Crippen LogP contribution is 2.44. The van der Waals surface area contributed by atoms with Gasteiger partial charge in [-0.15, -0.1) is 0 Å². The fraction of sp³-hybridized carbons (Fsp3) is 0.156. The molecule has 0 saturated carbocycles. The Morgan fingerprint density at radius 1 is 0.833 bits per heavy atom. The minimum absolute atomic E-state index is 0.0818. The highest BCUT2D eigenvalue weighted by molar-refractivity contribution is 5.94. The number of benzene rings is 4. The van der Waals surface area contributed by atoms with Crippen molar-refractivity contribution in [1.82, 2.24) is 5.32 Å². The van der Waals surface area contributed by atoms with E-state index >= 15 is 0 Å². The third kappa shape index (κ3) is 5.03. The first-order chi connectivity index (χ1) is 17.7. The number of amides is 1. The number of carbonyl (C=O) groups is 1. The van der Waals surface area contributed by atoms with Crippen molar-refractivity contribution in [2.24, 2.45) is 0 Å². The highest BCUT2D eigenvalue weighted by atomic mass is 16.5. The van der Waals surface area contributed by atoms with Gasteiger partial charge in [0.25, 0.3) is 5.91 Å². The van der Waals surface area contributed by atoms with E-state index in [1.165, 1.54) is 5.56 Å². The summed E-state index contributed by atoms with van der Waals surface area (Å²) in [5.41, 5.74) is 4.85. The Kier molecular flexibility index (Phi) is 7.13. The molecule has 1 aliphatic heterocycles. The minimum atomic E-state index is -0.374. The van der Waals surface area contributed by atoms with Gasteiger partial charge < -0.3 is 14.8 Å². The summed E-state index contributed by atoms with van der Waals surface area (Å²) in [6.45, 7) is 0.596. The zero-order chi connectivity index (χ0) is 24.7. The third-order valence-electron chi connectivity index (χ3n) is 6.60. The number of methoxy groups -OCH3 is 1. The van der Waals surface area contributed by atoms with Crippen molar-refractivity contribution >= 4 is 11.7 Å². The lowest BCUT2D eigenvalue weighted by molar-refractivity contribution is 0.0939. The maximum absolute atomic E-state index is 13.4. The summed E-state index contributed by atoms with van der Waals surface area (Å²) in [6.07, 6.45) is 0.823. The average molecular weight is 476 g/mol. The molecule has 0 radical (unpaired) electrons. The zero-order valence-electron chi connectivity index (χ0n) is 20.3. The monoisotopic (exact) mass is 475 g/mol. The average Bonchev–Trinajstić information content (AvgIpc) is 2.97. The van der Waals surface area contributed by atoms with E-state index in [2.05, 4.69) is 41.7 Å². The Hall–Kier alpha value is -4.31. The van der Waals surface area contributed by atoms with Crippen molar-refractivity contribution in [2.75, 3.05) is 13.7 Å². The molecule has 0 unspecified atom stereocenters. The standard InChI is InChI=1S/C32H29NO3/c1-35-27-19-17-25(18-20-27)31-29(28(21-22-36-31)23-11-5-2-6-12-23)30(24-13-7-3-8-14-24)33-32(34)26-15-9-4-10-16-26/h2-20,28,30H,21-22H2,1H3,(H,33,34)/t28-,30-/m0/s1. The molecular weight excluding hydrogens is 446 g/mol. The van der Waals surface area contributed by atoms with Crippen molar-refractivity contribution in [2.45, 2.75) is 18.4 Å². The van der Waals surface area contributed by atoms with Crippen LogP contribution in [0.1, 0.15) is 45.4 Å². The van der Waals surface area contributed by atoms with Crippen LogP contribution in [0, 0.1) is 0 Å². The molecule has 0 aliphatic carbocycles. The summed E-state index contributed by atoms with van der Waals surface area (Å²) in [5, 5.41) is 3.34.